The maximum atomic E-state index is 2.71. The molecular weight excluding hydrogens is 365 g/mol. The van der Waals surface area contributed by atoms with E-state index in [1.165, 1.54) is 89.9 Å². The number of rotatable bonds is 18. The Kier molecular flexibility index (Phi) is 22.9. The van der Waals surface area contributed by atoms with Gasteiger partial charge < -0.3 is 0 Å². The van der Waals surface area contributed by atoms with E-state index in [1.54, 1.807) is 22.9 Å². The van der Waals surface area contributed by atoms with E-state index in [0.29, 0.717) is 0 Å². The van der Waals surface area contributed by atoms with Gasteiger partial charge >= 0.3 is 152 Å². The fraction of sp³-hybridized carbons (Fsp3) is 1.00. The summed E-state index contributed by atoms with van der Waals surface area (Å²) in [6.07, 6.45) is 23.7. The molecule has 0 spiro atoms. The van der Waals surface area contributed by atoms with E-state index < -0.39 is 14.8 Å². The molecule has 0 aliphatic carbocycles. The normalized spacial score (nSPS) is 10.8. The van der Waals surface area contributed by atoms with Crippen molar-refractivity contribution in [2.45, 2.75) is 138 Å². The Hall–Kier alpha value is 0.913. The first-order valence-electron chi connectivity index (χ1n) is 11.8. The Morgan fingerprint density at radius 1 is 0.417 bits per heavy atom. The summed E-state index contributed by atoms with van der Waals surface area (Å²) in [6, 6.07) is 0. The van der Waals surface area contributed by atoms with Gasteiger partial charge in [0.2, 0.25) is 0 Å². The van der Waals surface area contributed by atoms with Gasteiger partial charge in [0.25, 0.3) is 0 Å². The van der Waals surface area contributed by atoms with Gasteiger partial charge in [0.1, 0.15) is 0 Å². The minimum atomic E-state index is -1.70. The topological polar surface area (TPSA) is 0 Å². The van der Waals surface area contributed by atoms with Crippen LogP contribution in [0.15, 0.2) is 0 Å². The van der Waals surface area contributed by atoms with Crippen molar-refractivity contribution >= 4 is 12.4 Å². The number of halogens is 1. The fourth-order valence-electron chi connectivity index (χ4n) is 4.15. The minimum absolute atomic E-state index is 0. The van der Waals surface area contributed by atoms with Gasteiger partial charge in [-0.1, -0.05) is 0 Å². The van der Waals surface area contributed by atoms with Crippen molar-refractivity contribution < 1.29 is 14.8 Å². The maximum Gasteiger partial charge on any atom is -0.147 e. The zero-order valence-corrected chi connectivity index (χ0v) is 21.6. The predicted molar refractivity (Wildman–Crippen MR) is 114 cm³/mol. The molecule has 0 unspecified atom stereocenters. The van der Waals surface area contributed by atoms with Crippen LogP contribution in [0, 0.1) is 0 Å². The van der Waals surface area contributed by atoms with E-state index in [4.69, 9.17) is 0 Å². The average Bonchev–Trinajstić information content (AvgIpc) is 2.52. The van der Waals surface area contributed by atoms with E-state index in [2.05, 4.69) is 24.9 Å². The van der Waals surface area contributed by atoms with Gasteiger partial charge in [-0.05, 0) is 0 Å². The molecule has 0 radical (unpaired) electrons. The van der Waals surface area contributed by atoms with E-state index in [9.17, 15) is 0 Å². The molecule has 0 aromatic rings. The second kappa shape index (κ2) is 20.2. The molecule has 24 heavy (non-hydrogen) atoms. The molecule has 0 aromatic heterocycles. The predicted octanol–water partition coefficient (Wildman–Crippen LogP) is 9.78. The van der Waals surface area contributed by atoms with Crippen LogP contribution < -0.4 is 0 Å². The van der Waals surface area contributed by atoms with Gasteiger partial charge in [-0.25, -0.2) is 0 Å². The second-order valence-corrected chi connectivity index (χ2v) is 25.5. The van der Waals surface area contributed by atoms with Crippen molar-refractivity contribution in [2.24, 2.45) is 0 Å². The fourth-order valence-corrected chi connectivity index (χ4v) is 12.1. The van der Waals surface area contributed by atoms with E-state index in [1.807, 2.05) is 0 Å². The van der Waals surface area contributed by atoms with Crippen molar-refractivity contribution in [3.8, 4) is 0 Å². The summed E-state index contributed by atoms with van der Waals surface area (Å²) >= 11 is -1.70. The van der Waals surface area contributed by atoms with Gasteiger partial charge in [-0.2, -0.15) is 0 Å². The summed E-state index contributed by atoms with van der Waals surface area (Å²) in [7, 11) is 0. The summed E-state index contributed by atoms with van der Waals surface area (Å²) in [5, 5.41) is 3.32. The zero-order valence-electron chi connectivity index (χ0n) is 17.8. The third kappa shape index (κ3) is 21.0. The van der Waals surface area contributed by atoms with Crippen LogP contribution in [0.3, 0.4) is 0 Å². The first-order valence-corrected chi connectivity index (χ1v) is 22.0. The maximum absolute atomic E-state index is 2.71. The van der Waals surface area contributed by atoms with Crippen LogP contribution in [0.2, 0.25) is 21.1 Å². The molecular formula is C22H49ClZn. The van der Waals surface area contributed by atoms with Crippen LogP contribution in [-0.4, -0.2) is 0 Å². The van der Waals surface area contributed by atoms with Gasteiger partial charge in [0.15, 0.2) is 0 Å². The molecule has 0 bridgehead atoms. The molecule has 0 aromatic carbocycles. The first-order chi connectivity index (χ1) is 11.1. The molecule has 0 aliphatic heterocycles. The van der Waals surface area contributed by atoms with Gasteiger partial charge in [-0.3, -0.25) is 0 Å². The van der Waals surface area contributed by atoms with E-state index in [-0.39, 0.29) is 12.4 Å². The number of hydrogen-bond acceptors (Lipinski definition) is 0. The number of unbranched alkanes of at least 4 members (excludes halogenated alkanes) is 14. The Bertz CT molecular complexity index is 206. The molecule has 0 nitrogen and oxygen atoms in total. The summed E-state index contributed by atoms with van der Waals surface area (Å²) in [6.45, 7) is 4.61. The summed E-state index contributed by atoms with van der Waals surface area (Å²) in [4.78, 5) is 0. The number of hydrogen-bond donors (Lipinski definition) is 0. The molecule has 0 saturated heterocycles. The third-order valence-electron chi connectivity index (χ3n) is 6.12. The van der Waals surface area contributed by atoms with Crippen LogP contribution in [0.4, 0.5) is 0 Å². The second-order valence-electron chi connectivity index (χ2n) is 9.72. The molecule has 0 N–H and O–H groups in total. The molecule has 0 fully saturated rings. The smallest absolute Gasteiger partial charge is 0.147 e. The van der Waals surface area contributed by atoms with Crippen LogP contribution in [0.1, 0.15) is 117 Å². The quantitative estimate of drug-likeness (QED) is 0.155. The Balaban J connectivity index is 0. The van der Waals surface area contributed by atoms with E-state index in [0.717, 1.165) is 0 Å². The molecule has 146 valence electrons. The van der Waals surface area contributed by atoms with Gasteiger partial charge in [0, 0.05) is 0 Å². The van der Waals surface area contributed by atoms with Gasteiger partial charge in [0.05, 0.1) is 0 Å². The first kappa shape index (κ1) is 27.1. The molecule has 0 heterocycles. The molecule has 0 aliphatic rings. The monoisotopic (exact) mass is 412 g/mol. The van der Waals surface area contributed by atoms with Crippen LogP contribution >= 0.6 is 12.4 Å². The van der Waals surface area contributed by atoms with Crippen molar-refractivity contribution in [3.63, 3.8) is 0 Å². The van der Waals surface area contributed by atoms with Crippen molar-refractivity contribution in [1.29, 1.82) is 0 Å². The van der Waals surface area contributed by atoms with Gasteiger partial charge in [-0.15, -0.1) is 12.4 Å². The van der Waals surface area contributed by atoms with Crippen molar-refractivity contribution in [3.05, 3.63) is 0 Å². The van der Waals surface area contributed by atoms with Crippen LogP contribution in [0.5, 0.6) is 0 Å². The minimum Gasteiger partial charge on any atom is -0.147 e. The average molecular weight is 414 g/mol. The molecule has 2 heteroatoms. The van der Waals surface area contributed by atoms with Crippen molar-refractivity contribution in [1.82, 2.24) is 0 Å². The summed E-state index contributed by atoms with van der Waals surface area (Å²) < 4.78 is 0. The molecule has 0 saturated carbocycles. The van der Waals surface area contributed by atoms with E-state index >= 15 is 0 Å². The SMILES string of the molecule is CCCCCCCCC[CH2][Zn]([CH3])([CH3])[CH2]CCCCCCCCC.Cl. The third-order valence-corrected chi connectivity index (χ3v) is 16.3. The summed E-state index contributed by atoms with van der Waals surface area (Å²) in [5.41, 5.74) is 5.43. The Morgan fingerprint density at radius 2 is 0.667 bits per heavy atom. The molecule has 0 atom stereocenters. The summed E-state index contributed by atoms with van der Waals surface area (Å²) in [5.74, 6) is 0. The van der Waals surface area contributed by atoms with Crippen LogP contribution in [-0.2, 0) is 14.8 Å². The largest absolute Gasteiger partial charge is 0.147 e. The molecule has 0 amide bonds. The standard InChI is InChI=1S/2C10H21.2CH3.ClH.Zn/c2*1-3-5-7-9-10-8-6-4-2;;;;/h2*1,3-10H2,2H3;2*1H3;1H;. The van der Waals surface area contributed by atoms with Crippen LogP contribution in [0.25, 0.3) is 0 Å². The molecule has 0 rings (SSSR count). The Morgan fingerprint density at radius 3 is 0.958 bits per heavy atom. The van der Waals surface area contributed by atoms with Crippen molar-refractivity contribution in [2.75, 3.05) is 0 Å². The Labute approximate surface area is 164 Å². The zero-order chi connectivity index (χ0) is 17.2.